The van der Waals surface area contributed by atoms with Crippen molar-refractivity contribution in [2.75, 3.05) is 6.54 Å². The smallest absolute Gasteiger partial charge is 0.326 e. The normalized spacial score (nSPS) is 15.1. The van der Waals surface area contributed by atoms with E-state index < -0.39 is 47.9 Å². The molecule has 0 fully saturated rings. The van der Waals surface area contributed by atoms with Crippen molar-refractivity contribution in [2.45, 2.75) is 76.5 Å². The summed E-state index contributed by atoms with van der Waals surface area (Å²) in [6.45, 7) is 4.08. The van der Waals surface area contributed by atoms with Crippen molar-refractivity contribution in [1.29, 1.82) is 0 Å². The maximum absolute atomic E-state index is 13.4. The zero-order valence-corrected chi connectivity index (χ0v) is 21.8. The van der Waals surface area contributed by atoms with Gasteiger partial charge in [-0.15, -0.1) is 0 Å². The fraction of sp³-hybridized carbons (Fsp3) is 0.583. The minimum absolute atomic E-state index is 0.0349. The SMILES string of the molecule is CCC(C)C(NC(=O)C(N)Cc1cnc[nH]1)C(=O)NC(Cc1cnc[nH]1)C(=O)NC(CCCCN)C(=O)O. The first-order valence-electron chi connectivity index (χ1n) is 12.7. The van der Waals surface area contributed by atoms with E-state index in [2.05, 4.69) is 35.9 Å². The molecule has 0 radical (unpaired) electrons. The molecule has 2 heterocycles. The standard InChI is InChI=1S/C24H39N9O5/c1-3-14(2)20(33-21(34)17(26)8-15-10-27-12-29-15)23(36)32-19(9-16-11-28-13-30-16)22(35)31-18(24(37)38)6-4-5-7-25/h10-14,17-20H,3-9,25-26H2,1-2H3,(H,27,29)(H,28,30)(H,31,35)(H,32,36)(H,33,34)(H,37,38). The number of hydrogen-bond acceptors (Lipinski definition) is 8. The lowest BCUT2D eigenvalue weighted by Crippen LogP contribution is -2.59. The molecule has 2 rings (SSSR count). The third-order valence-electron chi connectivity index (χ3n) is 6.30. The number of rotatable bonds is 17. The predicted octanol–water partition coefficient (Wildman–Crippen LogP) is -1.04. The predicted molar refractivity (Wildman–Crippen MR) is 138 cm³/mol. The van der Waals surface area contributed by atoms with Crippen LogP contribution in [-0.4, -0.2) is 79.4 Å². The second-order valence-corrected chi connectivity index (χ2v) is 9.29. The summed E-state index contributed by atoms with van der Waals surface area (Å²) in [5.74, 6) is -3.25. The van der Waals surface area contributed by atoms with Crippen LogP contribution in [0.1, 0.15) is 50.9 Å². The molecule has 38 heavy (non-hydrogen) atoms. The number of amides is 3. The fourth-order valence-electron chi connectivity index (χ4n) is 3.80. The molecule has 5 unspecified atom stereocenters. The molecular weight excluding hydrogens is 494 g/mol. The zero-order valence-electron chi connectivity index (χ0n) is 21.8. The zero-order chi connectivity index (χ0) is 28.1. The molecular formula is C24H39N9O5. The van der Waals surface area contributed by atoms with Gasteiger partial charge in [-0.25, -0.2) is 14.8 Å². The number of nitrogens with zero attached hydrogens (tertiary/aromatic N) is 2. The van der Waals surface area contributed by atoms with E-state index in [-0.39, 0.29) is 25.2 Å². The van der Waals surface area contributed by atoms with Crippen LogP contribution < -0.4 is 27.4 Å². The summed E-state index contributed by atoms with van der Waals surface area (Å²) < 4.78 is 0. The van der Waals surface area contributed by atoms with Gasteiger partial charge < -0.3 is 42.5 Å². The topological polar surface area (TPSA) is 234 Å². The highest BCUT2D eigenvalue weighted by atomic mass is 16.4. The molecule has 0 aromatic carbocycles. The second-order valence-electron chi connectivity index (χ2n) is 9.29. The number of aromatic amines is 2. The van der Waals surface area contributed by atoms with Crippen molar-refractivity contribution < 1.29 is 24.3 Å². The van der Waals surface area contributed by atoms with Crippen LogP contribution in [0.15, 0.2) is 25.0 Å². The van der Waals surface area contributed by atoms with Gasteiger partial charge in [-0.1, -0.05) is 20.3 Å². The Balaban J connectivity index is 2.15. The molecule has 0 spiro atoms. The first kappa shape index (κ1) is 30.4. The molecule has 0 aliphatic rings. The number of H-pyrrole nitrogens is 2. The Bertz CT molecular complexity index is 1010. The molecule has 2 aromatic heterocycles. The first-order valence-corrected chi connectivity index (χ1v) is 12.7. The molecule has 210 valence electrons. The van der Waals surface area contributed by atoms with Crippen LogP contribution in [0, 0.1) is 5.92 Å². The van der Waals surface area contributed by atoms with E-state index in [1.165, 1.54) is 18.9 Å². The Morgan fingerprint density at radius 3 is 2.05 bits per heavy atom. The fourth-order valence-corrected chi connectivity index (χ4v) is 3.80. The van der Waals surface area contributed by atoms with E-state index in [9.17, 15) is 24.3 Å². The molecule has 3 amide bonds. The lowest BCUT2D eigenvalue weighted by molar-refractivity contribution is -0.142. The Morgan fingerprint density at radius 1 is 0.921 bits per heavy atom. The molecule has 10 N–H and O–H groups in total. The van der Waals surface area contributed by atoms with Gasteiger partial charge in [0, 0.05) is 36.6 Å². The number of carbonyl (C=O) groups excluding carboxylic acids is 3. The average Bonchev–Trinajstić information content (AvgIpc) is 3.60. The monoisotopic (exact) mass is 533 g/mol. The van der Waals surface area contributed by atoms with Gasteiger partial charge in [0.25, 0.3) is 0 Å². The van der Waals surface area contributed by atoms with Crippen molar-refractivity contribution in [2.24, 2.45) is 17.4 Å². The van der Waals surface area contributed by atoms with E-state index in [1.807, 2.05) is 6.92 Å². The van der Waals surface area contributed by atoms with Crippen LogP contribution in [-0.2, 0) is 32.0 Å². The number of carboxylic acids is 1. The highest BCUT2D eigenvalue weighted by Crippen LogP contribution is 2.11. The van der Waals surface area contributed by atoms with Crippen molar-refractivity contribution in [1.82, 2.24) is 35.9 Å². The maximum Gasteiger partial charge on any atom is 0.326 e. The summed E-state index contributed by atoms with van der Waals surface area (Å²) >= 11 is 0. The van der Waals surface area contributed by atoms with E-state index >= 15 is 0 Å². The van der Waals surface area contributed by atoms with Gasteiger partial charge in [0.15, 0.2) is 0 Å². The van der Waals surface area contributed by atoms with Crippen LogP contribution in [0.3, 0.4) is 0 Å². The molecule has 5 atom stereocenters. The lowest BCUT2D eigenvalue weighted by Gasteiger charge is -2.28. The lowest BCUT2D eigenvalue weighted by atomic mass is 9.97. The number of hydrogen-bond donors (Lipinski definition) is 8. The van der Waals surface area contributed by atoms with E-state index in [0.29, 0.717) is 37.2 Å². The quantitative estimate of drug-likeness (QED) is 0.116. The molecule has 0 saturated carbocycles. The van der Waals surface area contributed by atoms with Crippen molar-refractivity contribution in [3.05, 3.63) is 36.4 Å². The molecule has 0 saturated heterocycles. The summed E-state index contributed by atoms with van der Waals surface area (Å²) in [6, 6.07) is -4.16. The minimum Gasteiger partial charge on any atom is -0.480 e. The molecule has 14 nitrogen and oxygen atoms in total. The average molecular weight is 534 g/mol. The Morgan fingerprint density at radius 2 is 1.53 bits per heavy atom. The number of imidazole rings is 2. The Hall–Kier alpha value is -3.78. The van der Waals surface area contributed by atoms with Gasteiger partial charge in [0.05, 0.1) is 18.7 Å². The van der Waals surface area contributed by atoms with Crippen LogP contribution in [0.25, 0.3) is 0 Å². The van der Waals surface area contributed by atoms with Crippen molar-refractivity contribution in [3.8, 4) is 0 Å². The van der Waals surface area contributed by atoms with Gasteiger partial charge in [-0.3, -0.25) is 14.4 Å². The van der Waals surface area contributed by atoms with E-state index in [4.69, 9.17) is 11.5 Å². The summed E-state index contributed by atoms with van der Waals surface area (Å²) in [5.41, 5.74) is 12.8. The molecule has 0 bridgehead atoms. The number of carboxylic acid groups (broad SMARTS) is 1. The van der Waals surface area contributed by atoms with Crippen LogP contribution in [0.4, 0.5) is 0 Å². The largest absolute Gasteiger partial charge is 0.480 e. The number of nitrogens with one attached hydrogen (secondary N) is 5. The van der Waals surface area contributed by atoms with Gasteiger partial charge in [-0.2, -0.15) is 0 Å². The third-order valence-corrected chi connectivity index (χ3v) is 6.30. The number of aliphatic carboxylic acids is 1. The van der Waals surface area contributed by atoms with Crippen molar-refractivity contribution in [3.63, 3.8) is 0 Å². The molecule has 0 aliphatic heterocycles. The summed E-state index contributed by atoms with van der Waals surface area (Å²) in [5, 5.41) is 17.5. The number of unbranched alkanes of at least 4 members (excludes halogenated alkanes) is 1. The molecule has 2 aromatic rings. The first-order chi connectivity index (χ1) is 18.2. The van der Waals surface area contributed by atoms with Gasteiger partial charge in [0.1, 0.15) is 18.1 Å². The maximum atomic E-state index is 13.4. The summed E-state index contributed by atoms with van der Waals surface area (Å²) in [4.78, 5) is 64.6. The van der Waals surface area contributed by atoms with Crippen LogP contribution in [0.2, 0.25) is 0 Å². The molecule has 0 aliphatic carbocycles. The van der Waals surface area contributed by atoms with Gasteiger partial charge in [-0.05, 0) is 31.7 Å². The Labute approximate surface area is 221 Å². The van der Waals surface area contributed by atoms with E-state index in [1.54, 1.807) is 13.1 Å². The van der Waals surface area contributed by atoms with Gasteiger partial charge in [0.2, 0.25) is 17.7 Å². The highest BCUT2D eigenvalue weighted by molar-refractivity contribution is 5.94. The summed E-state index contributed by atoms with van der Waals surface area (Å²) in [7, 11) is 0. The number of nitrogens with two attached hydrogens (primary N) is 2. The Kier molecular flexibility index (Phi) is 12.4. The van der Waals surface area contributed by atoms with Crippen LogP contribution in [0.5, 0.6) is 0 Å². The molecule has 14 heteroatoms. The van der Waals surface area contributed by atoms with E-state index in [0.717, 1.165) is 0 Å². The number of aromatic nitrogens is 4. The second kappa shape index (κ2) is 15.5. The summed E-state index contributed by atoms with van der Waals surface area (Å²) in [6.07, 6.45) is 8.11. The minimum atomic E-state index is -1.18. The van der Waals surface area contributed by atoms with Crippen LogP contribution >= 0.6 is 0 Å². The number of carbonyl (C=O) groups is 4. The van der Waals surface area contributed by atoms with Crippen molar-refractivity contribution >= 4 is 23.7 Å². The van der Waals surface area contributed by atoms with Gasteiger partial charge >= 0.3 is 5.97 Å². The highest BCUT2D eigenvalue weighted by Gasteiger charge is 2.32. The third kappa shape index (κ3) is 9.59.